The SMILES string of the molecule is COc1ccc(C(=O)N2CCCN(C(=O)Cc3cccnc3)CC2)cn1. The number of methoxy groups -OCH3 is 1. The van der Waals surface area contributed by atoms with Crippen LogP contribution in [0.25, 0.3) is 0 Å². The molecule has 1 aliphatic heterocycles. The van der Waals surface area contributed by atoms with E-state index in [2.05, 4.69) is 9.97 Å². The van der Waals surface area contributed by atoms with Crippen LogP contribution in [0.3, 0.4) is 0 Å². The quantitative estimate of drug-likeness (QED) is 0.830. The molecule has 2 amide bonds. The third kappa shape index (κ3) is 4.36. The van der Waals surface area contributed by atoms with Gasteiger partial charge in [0, 0.05) is 50.8 Å². The van der Waals surface area contributed by atoms with E-state index in [1.54, 1.807) is 29.4 Å². The Morgan fingerprint density at radius 3 is 2.58 bits per heavy atom. The van der Waals surface area contributed by atoms with Crippen molar-refractivity contribution in [3.8, 4) is 5.88 Å². The Balaban J connectivity index is 1.58. The van der Waals surface area contributed by atoms with Gasteiger partial charge in [-0.05, 0) is 24.1 Å². The molecule has 3 heterocycles. The smallest absolute Gasteiger partial charge is 0.255 e. The van der Waals surface area contributed by atoms with E-state index >= 15 is 0 Å². The molecule has 26 heavy (non-hydrogen) atoms. The molecule has 1 fully saturated rings. The lowest BCUT2D eigenvalue weighted by Gasteiger charge is -2.22. The second kappa shape index (κ2) is 8.42. The van der Waals surface area contributed by atoms with Gasteiger partial charge in [0.05, 0.1) is 19.1 Å². The van der Waals surface area contributed by atoms with Gasteiger partial charge < -0.3 is 14.5 Å². The lowest BCUT2D eigenvalue weighted by molar-refractivity contribution is -0.130. The fourth-order valence-corrected chi connectivity index (χ4v) is 2.97. The molecule has 1 saturated heterocycles. The highest BCUT2D eigenvalue weighted by Gasteiger charge is 2.23. The van der Waals surface area contributed by atoms with Crippen LogP contribution < -0.4 is 4.74 Å². The van der Waals surface area contributed by atoms with Gasteiger partial charge in [-0.3, -0.25) is 14.6 Å². The van der Waals surface area contributed by atoms with Gasteiger partial charge in [-0.15, -0.1) is 0 Å². The fourth-order valence-electron chi connectivity index (χ4n) is 2.97. The molecule has 0 saturated carbocycles. The van der Waals surface area contributed by atoms with E-state index in [-0.39, 0.29) is 11.8 Å². The Kier molecular flexibility index (Phi) is 5.78. The summed E-state index contributed by atoms with van der Waals surface area (Å²) in [6, 6.07) is 7.11. The number of hydrogen-bond acceptors (Lipinski definition) is 5. The van der Waals surface area contributed by atoms with Crippen molar-refractivity contribution >= 4 is 11.8 Å². The minimum Gasteiger partial charge on any atom is -0.481 e. The third-order valence-corrected chi connectivity index (χ3v) is 4.41. The van der Waals surface area contributed by atoms with Crippen molar-refractivity contribution in [1.29, 1.82) is 0 Å². The first-order chi connectivity index (χ1) is 12.7. The molecular weight excluding hydrogens is 332 g/mol. The van der Waals surface area contributed by atoms with Gasteiger partial charge >= 0.3 is 0 Å². The number of rotatable bonds is 4. The van der Waals surface area contributed by atoms with E-state index in [9.17, 15) is 9.59 Å². The van der Waals surface area contributed by atoms with E-state index < -0.39 is 0 Å². The highest BCUT2D eigenvalue weighted by molar-refractivity contribution is 5.94. The molecule has 0 unspecified atom stereocenters. The molecule has 0 N–H and O–H groups in total. The third-order valence-electron chi connectivity index (χ3n) is 4.41. The maximum atomic E-state index is 12.7. The molecular formula is C19H22N4O3. The van der Waals surface area contributed by atoms with Gasteiger partial charge in [0.25, 0.3) is 5.91 Å². The molecule has 0 spiro atoms. The van der Waals surface area contributed by atoms with Crippen LogP contribution in [0.15, 0.2) is 42.9 Å². The minimum atomic E-state index is -0.0679. The Bertz CT molecular complexity index is 749. The second-order valence-electron chi connectivity index (χ2n) is 6.15. The van der Waals surface area contributed by atoms with E-state index in [0.29, 0.717) is 44.0 Å². The van der Waals surface area contributed by atoms with E-state index in [1.165, 1.54) is 13.3 Å². The molecule has 0 radical (unpaired) electrons. The molecule has 0 bridgehead atoms. The van der Waals surface area contributed by atoms with Gasteiger partial charge in [-0.25, -0.2) is 4.98 Å². The van der Waals surface area contributed by atoms with Gasteiger partial charge in [0.2, 0.25) is 11.8 Å². The number of carbonyl (C=O) groups is 2. The molecule has 2 aromatic heterocycles. The summed E-state index contributed by atoms with van der Waals surface area (Å²) in [4.78, 5) is 36.9. The van der Waals surface area contributed by atoms with Gasteiger partial charge in [-0.2, -0.15) is 0 Å². The normalized spacial score (nSPS) is 14.7. The number of ether oxygens (including phenoxy) is 1. The fraction of sp³-hybridized carbons (Fsp3) is 0.368. The topological polar surface area (TPSA) is 75.6 Å². The maximum absolute atomic E-state index is 12.7. The first-order valence-corrected chi connectivity index (χ1v) is 8.63. The largest absolute Gasteiger partial charge is 0.481 e. The van der Waals surface area contributed by atoms with Crippen LogP contribution in [0.2, 0.25) is 0 Å². The first kappa shape index (κ1) is 17.8. The summed E-state index contributed by atoms with van der Waals surface area (Å²) in [5.74, 6) is 0.477. The highest BCUT2D eigenvalue weighted by Crippen LogP contribution is 2.12. The van der Waals surface area contributed by atoms with Crippen LogP contribution >= 0.6 is 0 Å². The van der Waals surface area contributed by atoms with Gasteiger partial charge in [0.15, 0.2) is 0 Å². The average molecular weight is 354 g/mol. The molecule has 7 heteroatoms. The van der Waals surface area contributed by atoms with Crippen LogP contribution in [-0.2, 0) is 11.2 Å². The number of amides is 2. The Morgan fingerprint density at radius 2 is 1.88 bits per heavy atom. The Hall–Kier alpha value is -2.96. The number of pyridine rings is 2. The van der Waals surface area contributed by atoms with Crippen LogP contribution in [0, 0.1) is 0 Å². The van der Waals surface area contributed by atoms with Crippen molar-refractivity contribution < 1.29 is 14.3 Å². The maximum Gasteiger partial charge on any atom is 0.255 e. The number of nitrogens with zero attached hydrogens (tertiary/aromatic N) is 4. The summed E-state index contributed by atoms with van der Waals surface area (Å²) >= 11 is 0. The van der Waals surface area contributed by atoms with Crippen LogP contribution in [0.1, 0.15) is 22.3 Å². The predicted octanol–water partition coefficient (Wildman–Crippen LogP) is 1.40. The van der Waals surface area contributed by atoms with Gasteiger partial charge in [0.1, 0.15) is 0 Å². The summed E-state index contributed by atoms with van der Waals surface area (Å²) < 4.78 is 5.02. The first-order valence-electron chi connectivity index (χ1n) is 8.63. The Labute approximate surface area is 152 Å². The van der Waals surface area contributed by atoms with E-state index in [4.69, 9.17) is 4.74 Å². The van der Waals surface area contributed by atoms with E-state index in [0.717, 1.165) is 12.0 Å². The molecule has 0 atom stereocenters. The minimum absolute atomic E-state index is 0.0679. The second-order valence-corrected chi connectivity index (χ2v) is 6.15. The molecule has 3 rings (SSSR count). The monoisotopic (exact) mass is 354 g/mol. The van der Waals surface area contributed by atoms with Gasteiger partial charge in [-0.1, -0.05) is 6.07 Å². The molecule has 136 valence electrons. The number of aromatic nitrogens is 2. The van der Waals surface area contributed by atoms with Crippen molar-refractivity contribution in [3.05, 3.63) is 54.0 Å². The zero-order chi connectivity index (χ0) is 18.4. The summed E-state index contributed by atoms with van der Waals surface area (Å²) in [5, 5.41) is 0. The van der Waals surface area contributed by atoms with Crippen molar-refractivity contribution in [2.24, 2.45) is 0 Å². The summed E-state index contributed by atoms with van der Waals surface area (Å²) in [6.07, 6.45) is 6.02. The summed E-state index contributed by atoms with van der Waals surface area (Å²) in [6.45, 7) is 2.34. The predicted molar refractivity (Wildman–Crippen MR) is 95.8 cm³/mol. The summed E-state index contributed by atoms with van der Waals surface area (Å²) in [5.41, 5.74) is 1.43. The molecule has 7 nitrogen and oxygen atoms in total. The molecule has 2 aromatic rings. The lowest BCUT2D eigenvalue weighted by atomic mass is 10.2. The van der Waals surface area contributed by atoms with Crippen molar-refractivity contribution in [2.45, 2.75) is 12.8 Å². The average Bonchev–Trinajstić information content (AvgIpc) is 2.94. The highest BCUT2D eigenvalue weighted by atomic mass is 16.5. The molecule has 0 aliphatic carbocycles. The number of hydrogen-bond donors (Lipinski definition) is 0. The van der Waals surface area contributed by atoms with Crippen LogP contribution in [0.5, 0.6) is 5.88 Å². The summed E-state index contributed by atoms with van der Waals surface area (Å²) in [7, 11) is 1.54. The molecule has 0 aromatic carbocycles. The standard InChI is InChI=1S/C19H22N4O3/c1-26-17-6-5-16(14-21-17)19(25)23-9-3-8-22(10-11-23)18(24)12-15-4-2-7-20-13-15/h2,4-7,13-14H,3,8-12H2,1H3. The molecule has 1 aliphatic rings. The van der Waals surface area contributed by atoms with E-state index in [1.807, 2.05) is 17.0 Å². The van der Waals surface area contributed by atoms with Crippen molar-refractivity contribution in [1.82, 2.24) is 19.8 Å². The zero-order valence-electron chi connectivity index (χ0n) is 14.8. The number of carbonyl (C=O) groups excluding carboxylic acids is 2. The van der Waals surface area contributed by atoms with Crippen LogP contribution in [-0.4, -0.2) is 64.9 Å². The lowest BCUT2D eigenvalue weighted by Crippen LogP contribution is -2.38. The van der Waals surface area contributed by atoms with Crippen LogP contribution in [0.4, 0.5) is 0 Å². The van der Waals surface area contributed by atoms with Crippen molar-refractivity contribution in [2.75, 3.05) is 33.3 Å². The zero-order valence-corrected chi connectivity index (χ0v) is 14.8. The Morgan fingerprint density at radius 1 is 1.08 bits per heavy atom. The van der Waals surface area contributed by atoms with Crippen molar-refractivity contribution in [3.63, 3.8) is 0 Å².